The van der Waals surface area contributed by atoms with E-state index in [1.165, 1.54) is 44.5 Å². The Labute approximate surface area is 158 Å². The Balaban J connectivity index is 1.31. The highest BCUT2D eigenvalue weighted by molar-refractivity contribution is 5.76. The first-order valence-electron chi connectivity index (χ1n) is 10.5. The van der Waals surface area contributed by atoms with Crippen molar-refractivity contribution < 1.29 is 4.79 Å². The lowest BCUT2D eigenvalue weighted by molar-refractivity contribution is -0.122. The van der Waals surface area contributed by atoms with E-state index in [-0.39, 0.29) is 5.91 Å². The highest BCUT2D eigenvalue weighted by atomic mass is 16.1. The maximum Gasteiger partial charge on any atom is 0.220 e. The molecule has 2 saturated heterocycles. The second kappa shape index (κ2) is 10.1. The van der Waals surface area contributed by atoms with Gasteiger partial charge < -0.3 is 10.2 Å². The second-order valence-electron chi connectivity index (χ2n) is 8.10. The van der Waals surface area contributed by atoms with Crippen molar-refractivity contribution in [2.24, 2.45) is 5.92 Å². The van der Waals surface area contributed by atoms with Crippen molar-refractivity contribution in [3.8, 4) is 0 Å². The van der Waals surface area contributed by atoms with Gasteiger partial charge in [0.25, 0.3) is 0 Å². The molecule has 1 amide bonds. The molecule has 4 nitrogen and oxygen atoms in total. The molecule has 2 fully saturated rings. The van der Waals surface area contributed by atoms with Crippen LogP contribution < -0.4 is 5.32 Å². The summed E-state index contributed by atoms with van der Waals surface area (Å²) in [6.07, 6.45) is 6.62. The van der Waals surface area contributed by atoms with Crippen molar-refractivity contribution in [1.29, 1.82) is 0 Å². The summed E-state index contributed by atoms with van der Waals surface area (Å²) in [5.41, 5.74) is 1.36. The van der Waals surface area contributed by atoms with Crippen LogP contribution in [0.4, 0.5) is 0 Å². The molecule has 2 aliphatic heterocycles. The predicted molar refractivity (Wildman–Crippen MR) is 107 cm³/mol. The highest BCUT2D eigenvalue weighted by Crippen LogP contribution is 2.22. The number of likely N-dealkylation sites (tertiary alicyclic amines) is 2. The summed E-state index contributed by atoms with van der Waals surface area (Å²) in [4.78, 5) is 17.3. The number of carbonyl (C=O) groups excluding carboxylic acids is 1. The fourth-order valence-electron chi connectivity index (χ4n) is 4.39. The molecule has 0 aromatic heterocycles. The minimum atomic E-state index is 0.257. The van der Waals surface area contributed by atoms with Crippen LogP contribution in [0.1, 0.15) is 51.0 Å². The molecule has 144 valence electrons. The van der Waals surface area contributed by atoms with Gasteiger partial charge in [-0.05, 0) is 63.2 Å². The van der Waals surface area contributed by atoms with Crippen LogP contribution in [0.25, 0.3) is 0 Å². The summed E-state index contributed by atoms with van der Waals surface area (Å²) in [6.45, 7) is 8.97. The van der Waals surface area contributed by atoms with Crippen molar-refractivity contribution in [3.05, 3.63) is 35.9 Å². The second-order valence-corrected chi connectivity index (χ2v) is 8.10. The molecule has 1 atom stereocenters. The first-order valence-corrected chi connectivity index (χ1v) is 10.5. The Morgan fingerprint density at radius 2 is 1.81 bits per heavy atom. The van der Waals surface area contributed by atoms with Crippen molar-refractivity contribution in [2.75, 3.05) is 32.7 Å². The fraction of sp³-hybridized carbons (Fsp3) is 0.682. The van der Waals surface area contributed by atoms with Crippen LogP contribution >= 0.6 is 0 Å². The van der Waals surface area contributed by atoms with Crippen LogP contribution in [0.15, 0.2) is 30.3 Å². The lowest BCUT2D eigenvalue weighted by Crippen LogP contribution is -2.38. The number of nitrogens with one attached hydrogen (secondary N) is 1. The van der Waals surface area contributed by atoms with Crippen LogP contribution in [0.5, 0.6) is 0 Å². The van der Waals surface area contributed by atoms with Gasteiger partial charge in [0.15, 0.2) is 0 Å². The highest BCUT2D eigenvalue weighted by Gasteiger charge is 2.24. The van der Waals surface area contributed by atoms with E-state index in [2.05, 4.69) is 52.4 Å². The van der Waals surface area contributed by atoms with Crippen LogP contribution in [-0.2, 0) is 11.3 Å². The van der Waals surface area contributed by atoms with Gasteiger partial charge in [0.1, 0.15) is 0 Å². The van der Waals surface area contributed by atoms with E-state index in [1.54, 1.807) is 0 Å². The number of hydrogen-bond donors (Lipinski definition) is 1. The predicted octanol–water partition coefficient (Wildman–Crippen LogP) is 3.28. The van der Waals surface area contributed by atoms with E-state index in [1.807, 2.05) is 0 Å². The summed E-state index contributed by atoms with van der Waals surface area (Å²) in [6, 6.07) is 10.9. The molecule has 0 aliphatic carbocycles. The molecule has 1 N–H and O–H groups in total. The molecule has 4 heteroatoms. The number of amides is 1. The summed E-state index contributed by atoms with van der Waals surface area (Å²) in [7, 11) is 0. The summed E-state index contributed by atoms with van der Waals surface area (Å²) < 4.78 is 0. The molecule has 0 saturated carbocycles. The van der Waals surface area contributed by atoms with E-state index in [0.717, 1.165) is 38.4 Å². The lowest BCUT2D eigenvalue weighted by atomic mass is 9.92. The van der Waals surface area contributed by atoms with E-state index in [0.29, 0.717) is 12.5 Å². The smallest absolute Gasteiger partial charge is 0.220 e. The summed E-state index contributed by atoms with van der Waals surface area (Å²) >= 11 is 0. The van der Waals surface area contributed by atoms with Crippen molar-refractivity contribution in [1.82, 2.24) is 15.1 Å². The zero-order chi connectivity index (χ0) is 18.2. The quantitative estimate of drug-likeness (QED) is 0.775. The van der Waals surface area contributed by atoms with Gasteiger partial charge in [0.05, 0.1) is 0 Å². The van der Waals surface area contributed by atoms with E-state index >= 15 is 0 Å². The van der Waals surface area contributed by atoms with Gasteiger partial charge in [-0.15, -0.1) is 0 Å². The molecule has 26 heavy (non-hydrogen) atoms. The van der Waals surface area contributed by atoms with Crippen LogP contribution in [-0.4, -0.2) is 54.5 Å². The number of rotatable bonds is 8. The normalized spacial score (nSPS) is 22.6. The maximum atomic E-state index is 12.3. The van der Waals surface area contributed by atoms with Gasteiger partial charge in [-0.3, -0.25) is 9.69 Å². The monoisotopic (exact) mass is 357 g/mol. The number of piperidine rings is 1. The Kier molecular flexibility index (Phi) is 7.51. The first-order chi connectivity index (χ1) is 12.7. The van der Waals surface area contributed by atoms with Crippen molar-refractivity contribution in [2.45, 2.75) is 58.0 Å². The molecule has 3 rings (SSSR count). The van der Waals surface area contributed by atoms with Gasteiger partial charge >= 0.3 is 0 Å². The molecule has 0 radical (unpaired) electrons. The minimum Gasteiger partial charge on any atom is -0.352 e. The van der Waals surface area contributed by atoms with Gasteiger partial charge in [-0.1, -0.05) is 37.3 Å². The number of hydrogen-bond acceptors (Lipinski definition) is 3. The summed E-state index contributed by atoms with van der Waals surface area (Å²) in [5, 5.41) is 3.27. The molecule has 1 aromatic carbocycles. The third kappa shape index (κ3) is 6.10. The molecule has 1 aromatic rings. The Morgan fingerprint density at radius 3 is 2.54 bits per heavy atom. The minimum absolute atomic E-state index is 0.257. The number of nitrogens with zero attached hydrogens (tertiary/aromatic N) is 2. The van der Waals surface area contributed by atoms with Crippen molar-refractivity contribution >= 4 is 5.91 Å². The average molecular weight is 358 g/mol. The third-order valence-electron chi connectivity index (χ3n) is 5.91. The van der Waals surface area contributed by atoms with Crippen LogP contribution in [0, 0.1) is 5.92 Å². The standard InChI is InChI=1S/C22H35N3O/c1-2-13-24-14-10-19(11-15-24)8-9-22(26)23-21-12-16-25(18-21)17-20-6-4-3-5-7-20/h3-7,19,21H,2,8-18H2,1H3,(H,23,26)/t21-/m0/s1. The number of carbonyl (C=O) groups is 1. The van der Waals surface area contributed by atoms with Crippen molar-refractivity contribution in [3.63, 3.8) is 0 Å². The third-order valence-corrected chi connectivity index (χ3v) is 5.91. The molecule has 0 bridgehead atoms. The van der Waals surface area contributed by atoms with Gasteiger partial charge in [-0.2, -0.15) is 0 Å². The lowest BCUT2D eigenvalue weighted by Gasteiger charge is -2.31. The van der Waals surface area contributed by atoms with Gasteiger partial charge in [-0.25, -0.2) is 0 Å². The van der Waals surface area contributed by atoms with E-state index < -0.39 is 0 Å². The Hall–Kier alpha value is -1.39. The molecule has 0 spiro atoms. The zero-order valence-electron chi connectivity index (χ0n) is 16.3. The largest absolute Gasteiger partial charge is 0.352 e. The first kappa shape index (κ1) is 19.4. The topological polar surface area (TPSA) is 35.6 Å². The molecule has 2 aliphatic rings. The van der Waals surface area contributed by atoms with Gasteiger partial charge in [0.2, 0.25) is 5.91 Å². The molecule has 2 heterocycles. The van der Waals surface area contributed by atoms with Gasteiger partial charge in [0, 0.05) is 32.1 Å². The molecule has 0 unspecified atom stereocenters. The number of benzene rings is 1. The maximum absolute atomic E-state index is 12.3. The van der Waals surface area contributed by atoms with E-state index in [4.69, 9.17) is 0 Å². The molecular formula is C22H35N3O. The fourth-order valence-corrected chi connectivity index (χ4v) is 4.39. The van der Waals surface area contributed by atoms with Crippen LogP contribution in [0.2, 0.25) is 0 Å². The Morgan fingerprint density at radius 1 is 1.08 bits per heavy atom. The molecular weight excluding hydrogens is 322 g/mol. The zero-order valence-corrected chi connectivity index (χ0v) is 16.3. The SMILES string of the molecule is CCCN1CCC(CCC(=O)N[C@H]2CCN(Cc3ccccc3)C2)CC1. The Bertz CT molecular complexity index is 540. The van der Waals surface area contributed by atoms with Crippen LogP contribution in [0.3, 0.4) is 0 Å². The van der Waals surface area contributed by atoms with E-state index in [9.17, 15) is 4.79 Å². The summed E-state index contributed by atoms with van der Waals surface area (Å²) in [5.74, 6) is 1.000. The average Bonchev–Trinajstić information content (AvgIpc) is 3.09.